The van der Waals surface area contributed by atoms with Gasteiger partial charge in [0.25, 0.3) is 0 Å². The van der Waals surface area contributed by atoms with Crippen molar-refractivity contribution in [2.24, 2.45) is 5.92 Å². The van der Waals surface area contributed by atoms with Crippen molar-refractivity contribution >= 4 is 11.7 Å². The summed E-state index contributed by atoms with van der Waals surface area (Å²) in [6, 6.07) is 8.29. The summed E-state index contributed by atoms with van der Waals surface area (Å²) in [5.41, 5.74) is 2.36. The monoisotopic (exact) mass is 235 g/mol. The highest BCUT2D eigenvalue weighted by atomic mass is 16.4. The summed E-state index contributed by atoms with van der Waals surface area (Å²) >= 11 is 0. The van der Waals surface area contributed by atoms with Gasteiger partial charge < -0.3 is 10.4 Å². The van der Waals surface area contributed by atoms with Crippen LogP contribution in [0.5, 0.6) is 0 Å². The Balaban J connectivity index is 2.40. The molecule has 0 radical (unpaired) electrons. The summed E-state index contributed by atoms with van der Waals surface area (Å²) in [4.78, 5) is 10.6. The van der Waals surface area contributed by atoms with Gasteiger partial charge in [0.15, 0.2) is 0 Å². The van der Waals surface area contributed by atoms with Gasteiger partial charge in [0.05, 0.1) is 5.92 Å². The van der Waals surface area contributed by atoms with Crippen LogP contribution < -0.4 is 5.32 Å². The maximum Gasteiger partial charge on any atom is 0.306 e. The second-order valence-electron chi connectivity index (χ2n) is 4.73. The molecule has 94 valence electrons. The summed E-state index contributed by atoms with van der Waals surface area (Å²) in [7, 11) is 0. The molecule has 0 spiro atoms. The van der Waals surface area contributed by atoms with Gasteiger partial charge in [0.1, 0.15) is 0 Å². The molecule has 0 saturated carbocycles. The zero-order valence-corrected chi connectivity index (χ0v) is 10.7. The van der Waals surface area contributed by atoms with Crippen LogP contribution in [0, 0.1) is 5.92 Å². The van der Waals surface area contributed by atoms with Gasteiger partial charge in [-0.1, -0.05) is 32.9 Å². The van der Waals surface area contributed by atoms with Gasteiger partial charge in [0, 0.05) is 12.2 Å². The molecule has 0 aliphatic rings. The van der Waals surface area contributed by atoms with E-state index in [1.807, 2.05) is 12.1 Å². The molecule has 0 heterocycles. The van der Waals surface area contributed by atoms with Crippen molar-refractivity contribution in [3.05, 3.63) is 29.8 Å². The van der Waals surface area contributed by atoms with E-state index < -0.39 is 5.97 Å². The smallest absolute Gasteiger partial charge is 0.306 e. The number of benzene rings is 1. The highest BCUT2D eigenvalue weighted by Crippen LogP contribution is 2.17. The average Bonchev–Trinajstić information content (AvgIpc) is 2.29. The van der Waals surface area contributed by atoms with Crippen LogP contribution in [-0.2, 0) is 4.79 Å². The van der Waals surface area contributed by atoms with Crippen LogP contribution in [0.3, 0.4) is 0 Å². The molecule has 0 amide bonds. The van der Waals surface area contributed by atoms with E-state index in [0.717, 1.165) is 5.69 Å². The van der Waals surface area contributed by atoms with Gasteiger partial charge in [-0.15, -0.1) is 0 Å². The van der Waals surface area contributed by atoms with Crippen LogP contribution in [0.2, 0.25) is 0 Å². The molecule has 3 heteroatoms. The van der Waals surface area contributed by atoms with E-state index >= 15 is 0 Å². The Hall–Kier alpha value is -1.51. The molecular formula is C14H21NO2. The predicted octanol–water partition coefficient (Wildman–Crippen LogP) is 3.33. The van der Waals surface area contributed by atoms with Crippen molar-refractivity contribution in [2.45, 2.75) is 33.1 Å². The Morgan fingerprint density at radius 1 is 1.24 bits per heavy atom. The van der Waals surface area contributed by atoms with E-state index in [0.29, 0.717) is 18.9 Å². The number of carboxylic acids is 1. The van der Waals surface area contributed by atoms with Crippen molar-refractivity contribution in [1.82, 2.24) is 0 Å². The van der Waals surface area contributed by atoms with Crippen LogP contribution in [0.15, 0.2) is 24.3 Å². The van der Waals surface area contributed by atoms with Crippen LogP contribution in [0.4, 0.5) is 5.69 Å². The first-order chi connectivity index (χ1) is 8.00. The lowest BCUT2D eigenvalue weighted by molar-refractivity contribution is -0.141. The standard InChI is InChI=1S/C14H21NO2/c1-10(2)12-4-6-13(7-5-12)15-9-8-11(3)14(16)17/h4-7,10-11,15H,8-9H2,1-3H3,(H,16,17). The molecular weight excluding hydrogens is 214 g/mol. The lowest BCUT2D eigenvalue weighted by Gasteiger charge is -2.10. The highest BCUT2D eigenvalue weighted by molar-refractivity contribution is 5.69. The minimum Gasteiger partial charge on any atom is -0.481 e. The van der Waals surface area contributed by atoms with E-state index in [1.165, 1.54) is 5.56 Å². The van der Waals surface area contributed by atoms with Gasteiger partial charge in [-0.25, -0.2) is 0 Å². The maximum absolute atomic E-state index is 10.6. The lowest BCUT2D eigenvalue weighted by Crippen LogP contribution is -2.14. The van der Waals surface area contributed by atoms with Crippen molar-refractivity contribution in [3.63, 3.8) is 0 Å². The number of hydrogen-bond acceptors (Lipinski definition) is 2. The Bertz CT molecular complexity index is 357. The summed E-state index contributed by atoms with van der Waals surface area (Å²) in [5, 5.41) is 12.0. The predicted molar refractivity (Wildman–Crippen MR) is 70.4 cm³/mol. The first kappa shape index (κ1) is 13.6. The van der Waals surface area contributed by atoms with Crippen LogP contribution in [0.1, 0.15) is 38.7 Å². The van der Waals surface area contributed by atoms with E-state index in [1.54, 1.807) is 6.92 Å². The zero-order chi connectivity index (χ0) is 12.8. The van der Waals surface area contributed by atoms with Gasteiger partial charge in [-0.2, -0.15) is 0 Å². The topological polar surface area (TPSA) is 49.3 Å². The molecule has 0 saturated heterocycles. The molecule has 1 aromatic rings. The molecule has 1 unspecified atom stereocenters. The first-order valence-electron chi connectivity index (χ1n) is 6.07. The molecule has 0 aromatic heterocycles. The fourth-order valence-corrected chi connectivity index (χ4v) is 1.54. The van der Waals surface area contributed by atoms with Gasteiger partial charge in [0.2, 0.25) is 0 Å². The summed E-state index contributed by atoms with van der Waals surface area (Å²) in [5.74, 6) is -0.490. The average molecular weight is 235 g/mol. The van der Waals surface area contributed by atoms with E-state index in [9.17, 15) is 4.79 Å². The Morgan fingerprint density at radius 3 is 2.29 bits per heavy atom. The largest absolute Gasteiger partial charge is 0.481 e. The summed E-state index contributed by atoms with van der Waals surface area (Å²) in [6.07, 6.45) is 0.640. The molecule has 1 aromatic carbocycles. The van der Waals surface area contributed by atoms with Gasteiger partial charge >= 0.3 is 5.97 Å². The molecule has 3 nitrogen and oxygen atoms in total. The minimum atomic E-state index is -0.734. The molecule has 0 aliphatic carbocycles. The fourth-order valence-electron chi connectivity index (χ4n) is 1.54. The number of carbonyl (C=O) groups is 1. The van der Waals surface area contributed by atoms with Crippen LogP contribution >= 0.6 is 0 Å². The second-order valence-corrected chi connectivity index (χ2v) is 4.73. The van der Waals surface area contributed by atoms with E-state index in [-0.39, 0.29) is 5.92 Å². The third-order valence-corrected chi connectivity index (χ3v) is 2.91. The zero-order valence-electron chi connectivity index (χ0n) is 10.7. The third-order valence-electron chi connectivity index (χ3n) is 2.91. The quantitative estimate of drug-likeness (QED) is 0.795. The lowest BCUT2D eigenvalue weighted by atomic mass is 10.0. The van der Waals surface area contributed by atoms with Gasteiger partial charge in [-0.05, 0) is 30.0 Å². The second kappa shape index (κ2) is 6.28. The number of nitrogens with one attached hydrogen (secondary N) is 1. The normalized spacial score (nSPS) is 12.5. The molecule has 0 aliphatic heterocycles. The number of anilines is 1. The van der Waals surface area contributed by atoms with Gasteiger partial charge in [-0.3, -0.25) is 4.79 Å². The molecule has 2 N–H and O–H groups in total. The molecule has 1 atom stereocenters. The van der Waals surface area contributed by atoms with Crippen molar-refractivity contribution in [3.8, 4) is 0 Å². The molecule has 17 heavy (non-hydrogen) atoms. The Kier molecular flexibility index (Phi) is 5.01. The summed E-state index contributed by atoms with van der Waals surface area (Å²) < 4.78 is 0. The number of rotatable bonds is 6. The highest BCUT2D eigenvalue weighted by Gasteiger charge is 2.09. The third kappa shape index (κ3) is 4.47. The van der Waals surface area contributed by atoms with E-state index in [4.69, 9.17) is 5.11 Å². The number of carboxylic acid groups (broad SMARTS) is 1. The minimum absolute atomic E-state index is 0.294. The van der Waals surface area contributed by atoms with Crippen molar-refractivity contribution in [2.75, 3.05) is 11.9 Å². The SMILES string of the molecule is CC(CCNc1ccc(C(C)C)cc1)C(=O)O. The molecule has 0 fully saturated rings. The molecule has 1 rings (SSSR count). The Labute approximate surface area is 103 Å². The fraction of sp³-hybridized carbons (Fsp3) is 0.500. The van der Waals surface area contributed by atoms with Crippen molar-refractivity contribution < 1.29 is 9.90 Å². The van der Waals surface area contributed by atoms with E-state index in [2.05, 4.69) is 31.3 Å². The maximum atomic E-state index is 10.6. The van der Waals surface area contributed by atoms with Crippen molar-refractivity contribution in [1.29, 1.82) is 0 Å². The first-order valence-corrected chi connectivity index (χ1v) is 6.07. The van der Waals surface area contributed by atoms with Crippen LogP contribution in [0.25, 0.3) is 0 Å². The van der Waals surface area contributed by atoms with Crippen LogP contribution in [-0.4, -0.2) is 17.6 Å². The number of hydrogen-bond donors (Lipinski definition) is 2. The Morgan fingerprint density at radius 2 is 1.82 bits per heavy atom. The summed E-state index contributed by atoms with van der Waals surface area (Å²) in [6.45, 7) is 6.74. The number of aliphatic carboxylic acids is 1. The molecule has 0 bridgehead atoms.